The van der Waals surface area contributed by atoms with Gasteiger partial charge in [-0.25, -0.2) is 4.68 Å². The highest BCUT2D eigenvalue weighted by Gasteiger charge is 2.07. The van der Waals surface area contributed by atoms with Crippen molar-refractivity contribution in [2.45, 2.75) is 0 Å². The van der Waals surface area contributed by atoms with Crippen LogP contribution in [-0.4, -0.2) is 24.0 Å². The molecule has 0 saturated heterocycles. The Morgan fingerprint density at radius 2 is 1.55 bits per heavy atom. The van der Waals surface area contributed by atoms with Crippen LogP contribution in [0.1, 0.15) is 0 Å². The fraction of sp³-hybridized carbons (Fsp3) is 0.118. The zero-order valence-corrected chi connectivity index (χ0v) is 12.4. The van der Waals surface area contributed by atoms with Gasteiger partial charge in [0.1, 0.15) is 22.9 Å². The van der Waals surface area contributed by atoms with Crippen molar-refractivity contribution < 1.29 is 14.2 Å². The molecule has 0 saturated carbocycles. The van der Waals surface area contributed by atoms with Gasteiger partial charge in [-0.15, -0.1) is 0 Å². The zero-order valence-electron chi connectivity index (χ0n) is 12.4. The first-order valence-corrected chi connectivity index (χ1v) is 6.80. The number of ether oxygens (including phenoxy) is 3. The lowest BCUT2D eigenvalue weighted by molar-refractivity contribution is 0.411. The number of aromatic nitrogens is 2. The van der Waals surface area contributed by atoms with Crippen LogP contribution in [0.2, 0.25) is 0 Å². The summed E-state index contributed by atoms with van der Waals surface area (Å²) in [5.74, 6) is 2.91. The molecule has 0 aliphatic carbocycles. The molecule has 1 heterocycles. The molecule has 5 heteroatoms. The molecular weight excluding hydrogens is 280 g/mol. The SMILES string of the molecule is COc1ccc(Oc2cnn(-c3ccccc3OC)c2)cc1. The summed E-state index contributed by atoms with van der Waals surface area (Å²) in [4.78, 5) is 0. The number of benzene rings is 2. The van der Waals surface area contributed by atoms with Gasteiger partial charge < -0.3 is 14.2 Å². The molecule has 2 aromatic carbocycles. The van der Waals surface area contributed by atoms with E-state index in [1.54, 1.807) is 25.1 Å². The van der Waals surface area contributed by atoms with E-state index in [9.17, 15) is 0 Å². The molecule has 0 spiro atoms. The van der Waals surface area contributed by atoms with E-state index in [1.165, 1.54) is 0 Å². The van der Waals surface area contributed by atoms with E-state index in [1.807, 2.05) is 54.7 Å². The van der Waals surface area contributed by atoms with Crippen molar-refractivity contribution in [3.63, 3.8) is 0 Å². The summed E-state index contributed by atoms with van der Waals surface area (Å²) in [6.45, 7) is 0. The first kappa shape index (κ1) is 14.0. The number of hydrogen-bond acceptors (Lipinski definition) is 4. The van der Waals surface area contributed by atoms with Crippen LogP contribution in [0.5, 0.6) is 23.0 Å². The van der Waals surface area contributed by atoms with Gasteiger partial charge in [-0.3, -0.25) is 0 Å². The molecule has 5 nitrogen and oxygen atoms in total. The number of para-hydroxylation sites is 2. The molecule has 0 fully saturated rings. The van der Waals surface area contributed by atoms with Gasteiger partial charge in [0.25, 0.3) is 0 Å². The summed E-state index contributed by atoms with van der Waals surface area (Å²) in [5.41, 5.74) is 0.856. The van der Waals surface area contributed by atoms with E-state index in [-0.39, 0.29) is 0 Å². The Kier molecular flexibility index (Phi) is 3.96. The molecule has 0 radical (unpaired) electrons. The third kappa shape index (κ3) is 2.88. The minimum Gasteiger partial charge on any atom is -0.497 e. The van der Waals surface area contributed by atoms with Gasteiger partial charge in [0.05, 0.1) is 26.6 Å². The van der Waals surface area contributed by atoms with E-state index >= 15 is 0 Å². The lowest BCUT2D eigenvalue weighted by Crippen LogP contribution is -1.97. The summed E-state index contributed by atoms with van der Waals surface area (Å²) in [6, 6.07) is 15.1. The molecule has 0 aliphatic heterocycles. The van der Waals surface area contributed by atoms with Crippen LogP contribution in [0.3, 0.4) is 0 Å². The first-order chi connectivity index (χ1) is 10.8. The Balaban J connectivity index is 1.81. The molecule has 1 aromatic heterocycles. The number of hydrogen-bond donors (Lipinski definition) is 0. The van der Waals surface area contributed by atoms with Gasteiger partial charge in [0.15, 0.2) is 5.75 Å². The molecule has 0 amide bonds. The minimum atomic E-state index is 0.649. The molecule has 0 aliphatic rings. The number of nitrogens with zero attached hydrogens (tertiary/aromatic N) is 2. The second kappa shape index (κ2) is 6.22. The molecule has 0 N–H and O–H groups in total. The fourth-order valence-electron chi connectivity index (χ4n) is 2.09. The van der Waals surface area contributed by atoms with E-state index in [4.69, 9.17) is 14.2 Å². The molecule has 3 aromatic rings. The summed E-state index contributed by atoms with van der Waals surface area (Å²) in [7, 11) is 3.27. The average molecular weight is 296 g/mol. The lowest BCUT2D eigenvalue weighted by atomic mass is 10.3. The average Bonchev–Trinajstić information content (AvgIpc) is 3.04. The molecule has 0 bridgehead atoms. The van der Waals surface area contributed by atoms with Gasteiger partial charge in [-0.2, -0.15) is 5.10 Å². The highest BCUT2D eigenvalue weighted by atomic mass is 16.5. The summed E-state index contributed by atoms with van der Waals surface area (Å²) in [6.07, 6.45) is 3.47. The third-order valence-electron chi connectivity index (χ3n) is 3.19. The maximum Gasteiger partial charge on any atom is 0.165 e. The Bertz CT molecular complexity index is 751. The van der Waals surface area contributed by atoms with Crippen LogP contribution in [-0.2, 0) is 0 Å². The van der Waals surface area contributed by atoms with E-state index in [2.05, 4.69) is 5.10 Å². The normalized spacial score (nSPS) is 10.3. The second-order valence-corrected chi connectivity index (χ2v) is 4.57. The van der Waals surface area contributed by atoms with Gasteiger partial charge in [-0.05, 0) is 36.4 Å². The van der Waals surface area contributed by atoms with Gasteiger partial charge in [0.2, 0.25) is 0 Å². The van der Waals surface area contributed by atoms with Crippen LogP contribution in [0, 0.1) is 0 Å². The van der Waals surface area contributed by atoms with Crippen molar-refractivity contribution in [2.24, 2.45) is 0 Å². The Hall–Kier alpha value is -2.95. The predicted octanol–water partition coefficient (Wildman–Crippen LogP) is 3.68. The van der Waals surface area contributed by atoms with Gasteiger partial charge in [-0.1, -0.05) is 12.1 Å². The number of rotatable bonds is 5. The highest BCUT2D eigenvalue weighted by Crippen LogP contribution is 2.26. The predicted molar refractivity (Wildman–Crippen MR) is 83.2 cm³/mol. The largest absolute Gasteiger partial charge is 0.497 e. The lowest BCUT2D eigenvalue weighted by Gasteiger charge is -2.07. The Labute approximate surface area is 128 Å². The Morgan fingerprint density at radius 1 is 0.818 bits per heavy atom. The topological polar surface area (TPSA) is 45.5 Å². The van der Waals surface area contributed by atoms with Crippen molar-refractivity contribution >= 4 is 0 Å². The standard InChI is InChI=1S/C17H16N2O3/c1-20-13-7-9-14(10-8-13)22-15-11-18-19(12-15)16-5-3-4-6-17(16)21-2/h3-12H,1-2H3. The minimum absolute atomic E-state index is 0.649. The molecule has 22 heavy (non-hydrogen) atoms. The summed E-state index contributed by atoms with van der Waals surface area (Å²) in [5, 5.41) is 4.31. The van der Waals surface area contributed by atoms with Crippen LogP contribution >= 0.6 is 0 Å². The van der Waals surface area contributed by atoms with Crippen LogP contribution in [0.4, 0.5) is 0 Å². The van der Waals surface area contributed by atoms with Crippen molar-refractivity contribution in [2.75, 3.05) is 14.2 Å². The van der Waals surface area contributed by atoms with Gasteiger partial charge in [0, 0.05) is 0 Å². The van der Waals surface area contributed by atoms with Crippen LogP contribution in [0.15, 0.2) is 60.9 Å². The fourth-order valence-corrected chi connectivity index (χ4v) is 2.09. The van der Waals surface area contributed by atoms with Crippen molar-refractivity contribution in [3.05, 3.63) is 60.9 Å². The maximum atomic E-state index is 5.77. The van der Waals surface area contributed by atoms with Crippen LogP contribution < -0.4 is 14.2 Å². The Morgan fingerprint density at radius 3 is 2.27 bits per heavy atom. The summed E-state index contributed by atoms with van der Waals surface area (Å²) >= 11 is 0. The quantitative estimate of drug-likeness (QED) is 0.720. The third-order valence-corrected chi connectivity index (χ3v) is 3.19. The van der Waals surface area contributed by atoms with Crippen molar-refractivity contribution in [1.82, 2.24) is 9.78 Å². The molecule has 3 rings (SSSR count). The second-order valence-electron chi connectivity index (χ2n) is 4.57. The van der Waals surface area contributed by atoms with E-state index < -0.39 is 0 Å². The van der Waals surface area contributed by atoms with Crippen molar-refractivity contribution in [3.8, 4) is 28.7 Å². The monoisotopic (exact) mass is 296 g/mol. The molecular formula is C17H16N2O3. The maximum absolute atomic E-state index is 5.77. The van der Waals surface area contributed by atoms with Gasteiger partial charge >= 0.3 is 0 Å². The first-order valence-electron chi connectivity index (χ1n) is 6.80. The smallest absolute Gasteiger partial charge is 0.165 e. The summed E-state index contributed by atoms with van der Waals surface area (Å²) < 4.78 is 18.0. The zero-order chi connectivity index (χ0) is 15.4. The highest BCUT2D eigenvalue weighted by molar-refractivity contribution is 5.46. The molecule has 112 valence electrons. The van der Waals surface area contributed by atoms with Crippen molar-refractivity contribution in [1.29, 1.82) is 0 Å². The molecule has 0 unspecified atom stereocenters. The number of methoxy groups -OCH3 is 2. The van der Waals surface area contributed by atoms with E-state index in [0.717, 1.165) is 22.9 Å². The van der Waals surface area contributed by atoms with Crippen LogP contribution in [0.25, 0.3) is 5.69 Å². The van der Waals surface area contributed by atoms with E-state index in [0.29, 0.717) is 5.75 Å². The molecule has 0 atom stereocenters.